The molecule has 0 aliphatic carbocycles. The van der Waals surface area contributed by atoms with Crippen molar-refractivity contribution in [1.29, 1.82) is 0 Å². The minimum Gasteiger partial charge on any atom is -0.477 e. The third-order valence-corrected chi connectivity index (χ3v) is 2.05. The molecule has 0 bridgehead atoms. The summed E-state index contributed by atoms with van der Waals surface area (Å²) in [7, 11) is 0. The van der Waals surface area contributed by atoms with E-state index in [-0.39, 0.29) is 27.8 Å². The Morgan fingerprint density at radius 2 is 2.29 bits per heavy atom. The van der Waals surface area contributed by atoms with E-state index in [4.69, 9.17) is 28.9 Å². The molecule has 0 aromatic carbocycles. The number of nitrogens with zero attached hydrogens (tertiary/aromatic N) is 1. The van der Waals surface area contributed by atoms with E-state index in [9.17, 15) is 4.79 Å². The van der Waals surface area contributed by atoms with Crippen LogP contribution in [0.25, 0.3) is 0 Å². The van der Waals surface area contributed by atoms with E-state index < -0.39 is 5.97 Å². The lowest BCUT2D eigenvalue weighted by Crippen LogP contribution is -2.05. The molecule has 1 heterocycles. The van der Waals surface area contributed by atoms with E-state index in [1.165, 1.54) is 0 Å². The number of carboxylic acid groups (broad SMARTS) is 1. The summed E-state index contributed by atoms with van der Waals surface area (Å²) < 4.78 is 0.0214. The number of halogens is 2. The van der Waals surface area contributed by atoms with Crippen molar-refractivity contribution in [3.8, 4) is 0 Å². The molecule has 4 nitrogen and oxygen atoms in total. The number of aromatic amines is 1. The van der Waals surface area contributed by atoms with Gasteiger partial charge in [-0.05, 0) is 0 Å². The van der Waals surface area contributed by atoms with Gasteiger partial charge in [0.15, 0.2) is 0 Å². The number of aromatic carboxylic acids is 1. The lowest BCUT2D eigenvalue weighted by atomic mass is 10.3. The number of hydrogen-bond donors (Lipinski definition) is 2. The highest BCUT2D eigenvalue weighted by Crippen LogP contribution is 2.13. The minimum absolute atomic E-state index is 0. The van der Waals surface area contributed by atoms with Gasteiger partial charge in [-0.25, -0.2) is 9.78 Å². The summed E-state index contributed by atoms with van der Waals surface area (Å²) in [6.45, 7) is 1.87. The fourth-order valence-electron chi connectivity index (χ4n) is 0.842. The normalized spacial score (nSPS) is 9.29. The third kappa shape index (κ3) is 2.67. The number of H-pyrrole nitrogens is 1. The van der Waals surface area contributed by atoms with Crippen molar-refractivity contribution in [2.45, 2.75) is 13.3 Å². The molecule has 0 aliphatic rings. The number of carbonyl (C=O) groups is 1. The quantitative estimate of drug-likeness (QED) is 0.629. The Morgan fingerprint density at radius 3 is 2.64 bits per heavy atom. The van der Waals surface area contributed by atoms with Gasteiger partial charge in [-0.1, -0.05) is 30.7 Å². The predicted octanol–water partition coefficient (Wildman–Crippen LogP) is 2.47. The zero-order valence-electron chi connectivity index (χ0n) is 7.20. The van der Waals surface area contributed by atoms with Crippen LogP contribution in [0.1, 0.15) is 23.1 Å². The van der Waals surface area contributed by atoms with E-state index in [0.717, 1.165) is 0 Å². The largest absolute Gasteiger partial charge is 0.477 e. The summed E-state index contributed by atoms with van der Waals surface area (Å²) in [4.78, 5) is 17.2. The molecule has 2 N–H and O–H groups in total. The van der Waals surface area contributed by atoms with Crippen molar-refractivity contribution >= 4 is 42.2 Å². The maximum atomic E-state index is 10.6. The molecule has 14 heavy (non-hydrogen) atoms. The lowest BCUT2D eigenvalue weighted by Gasteiger charge is -2.01. The average molecular weight is 255 g/mol. The Kier molecular flexibility index (Phi) is 5.04. The van der Waals surface area contributed by atoms with Crippen LogP contribution in [0.3, 0.4) is 0 Å². The van der Waals surface area contributed by atoms with Gasteiger partial charge in [0.1, 0.15) is 21.2 Å². The van der Waals surface area contributed by atoms with E-state index in [1.807, 2.05) is 6.92 Å². The Hall–Kier alpha value is -0.650. The second kappa shape index (κ2) is 5.29. The van der Waals surface area contributed by atoms with Gasteiger partial charge in [-0.2, -0.15) is 0 Å². The predicted molar refractivity (Wildman–Crippen MR) is 58.0 cm³/mol. The van der Waals surface area contributed by atoms with Crippen LogP contribution in [0.2, 0.25) is 5.15 Å². The Balaban J connectivity index is 0.00000169. The zero-order chi connectivity index (χ0) is 10.0. The summed E-state index contributed by atoms with van der Waals surface area (Å²) in [6.07, 6.45) is 0.628. The van der Waals surface area contributed by atoms with Gasteiger partial charge in [0.2, 0.25) is 0 Å². The monoisotopic (exact) mass is 254 g/mol. The fraction of sp³-hybridized carbons (Fsp3) is 0.286. The van der Waals surface area contributed by atoms with Crippen molar-refractivity contribution < 1.29 is 9.90 Å². The molecule has 0 radical (unpaired) electrons. The summed E-state index contributed by atoms with van der Waals surface area (Å²) >= 11 is 10.4. The van der Waals surface area contributed by atoms with Crippen LogP contribution in [-0.2, 0) is 6.42 Å². The molecule has 0 atom stereocenters. The van der Waals surface area contributed by atoms with Gasteiger partial charge in [0.05, 0.1) is 0 Å². The van der Waals surface area contributed by atoms with Crippen molar-refractivity contribution in [2.75, 3.05) is 0 Å². The van der Waals surface area contributed by atoms with Crippen molar-refractivity contribution in [3.63, 3.8) is 0 Å². The van der Waals surface area contributed by atoms with Crippen LogP contribution in [0, 0.1) is 4.64 Å². The molecule has 1 aromatic rings. The molecule has 0 saturated heterocycles. The first kappa shape index (κ1) is 13.4. The van der Waals surface area contributed by atoms with Gasteiger partial charge < -0.3 is 10.1 Å². The first-order valence-electron chi connectivity index (χ1n) is 3.58. The second-order valence-electron chi connectivity index (χ2n) is 2.34. The number of hydrogen-bond acceptors (Lipinski definition) is 3. The number of aryl methyl sites for hydroxylation is 1. The lowest BCUT2D eigenvalue weighted by molar-refractivity contribution is 0.0695. The van der Waals surface area contributed by atoms with E-state index in [0.29, 0.717) is 12.2 Å². The number of rotatable bonds is 2. The molecule has 1 rings (SSSR count). The zero-order valence-corrected chi connectivity index (χ0v) is 9.59. The molecule has 0 saturated carbocycles. The summed E-state index contributed by atoms with van der Waals surface area (Å²) in [5.74, 6) is -0.582. The SMILES string of the molecule is CCc1nc(=S)c(C(=O)O)c(Cl)[nH]1.Cl. The minimum atomic E-state index is -1.17. The van der Waals surface area contributed by atoms with Gasteiger partial charge in [-0.3, -0.25) is 0 Å². The maximum Gasteiger partial charge on any atom is 0.341 e. The fourth-order valence-corrected chi connectivity index (χ4v) is 1.48. The van der Waals surface area contributed by atoms with E-state index in [1.54, 1.807) is 0 Å². The molecule has 1 aromatic heterocycles. The van der Waals surface area contributed by atoms with Gasteiger partial charge in [0, 0.05) is 6.42 Å². The highest BCUT2D eigenvalue weighted by Gasteiger charge is 2.12. The molecule has 78 valence electrons. The molecule has 0 amide bonds. The van der Waals surface area contributed by atoms with E-state index >= 15 is 0 Å². The van der Waals surface area contributed by atoms with Crippen molar-refractivity contribution in [1.82, 2.24) is 9.97 Å². The van der Waals surface area contributed by atoms with Crippen LogP contribution in [0.5, 0.6) is 0 Å². The third-order valence-electron chi connectivity index (χ3n) is 1.47. The molecule has 0 unspecified atom stereocenters. The Bertz CT molecular complexity index is 405. The second-order valence-corrected chi connectivity index (χ2v) is 3.10. The molecular weight excluding hydrogens is 247 g/mol. The number of aromatic nitrogens is 2. The molecule has 0 aliphatic heterocycles. The van der Waals surface area contributed by atoms with Gasteiger partial charge in [-0.15, -0.1) is 12.4 Å². The summed E-state index contributed by atoms with van der Waals surface area (Å²) in [5.41, 5.74) is -0.145. The highest BCUT2D eigenvalue weighted by molar-refractivity contribution is 7.71. The Labute approximate surface area is 96.7 Å². The first-order chi connectivity index (χ1) is 6.06. The topological polar surface area (TPSA) is 66.0 Å². The molecule has 7 heteroatoms. The maximum absolute atomic E-state index is 10.6. The summed E-state index contributed by atoms with van der Waals surface area (Å²) in [5, 5.41) is 8.73. The Morgan fingerprint density at radius 1 is 1.71 bits per heavy atom. The first-order valence-corrected chi connectivity index (χ1v) is 4.36. The van der Waals surface area contributed by atoms with Crippen LogP contribution in [-0.4, -0.2) is 21.0 Å². The molecular formula is C7H8Cl2N2O2S. The van der Waals surface area contributed by atoms with Crippen LogP contribution < -0.4 is 0 Å². The van der Waals surface area contributed by atoms with Crippen LogP contribution in [0.15, 0.2) is 0 Å². The highest BCUT2D eigenvalue weighted by atomic mass is 35.5. The van der Waals surface area contributed by atoms with Crippen molar-refractivity contribution in [2.24, 2.45) is 0 Å². The van der Waals surface area contributed by atoms with Crippen molar-refractivity contribution in [3.05, 3.63) is 21.2 Å². The van der Waals surface area contributed by atoms with Gasteiger partial charge in [0.25, 0.3) is 0 Å². The number of carboxylic acids is 1. The van der Waals surface area contributed by atoms with E-state index in [2.05, 4.69) is 9.97 Å². The molecule has 0 spiro atoms. The van der Waals surface area contributed by atoms with Crippen LogP contribution in [0.4, 0.5) is 0 Å². The smallest absolute Gasteiger partial charge is 0.341 e. The summed E-state index contributed by atoms with van der Waals surface area (Å²) in [6, 6.07) is 0. The standard InChI is InChI=1S/C7H7ClN2O2S.ClH/c1-2-3-9-5(8)4(7(11)12)6(13)10-3;/h2H2,1H3,(H,11,12)(H,9,10,13);1H. The average Bonchev–Trinajstić information content (AvgIpc) is 2.02. The van der Waals surface area contributed by atoms with Crippen LogP contribution >= 0.6 is 36.2 Å². The number of nitrogens with one attached hydrogen (secondary N) is 1. The van der Waals surface area contributed by atoms with Gasteiger partial charge >= 0.3 is 5.97 Å². The molecule has 0 fully saturated rings.